The number of amides is 1. The van der Waals surface area contributed by atoms with Crippen molar-refractivity contribution in [3.05, 3.63) is 72.4 Å². The molecule has 3 aromatic rings. The molecule has 1 heterocycles. The van der Waals surface area contributed by atoms with Gasteiger partial charge in [-0.05, 0) is 29.5 Å². The first-order valence-corrected chi connectivity index (χ1v) is 8.27. The minimum Gasteiger partial charge on any atom is -0.388 e. The van der Waals surface area contributed by atoms with E-state index in [2.05, 4.69) is 28.1 Å². The number of para-hydroxylation sites is 1. The van der Waals surface area contributed by atoms with Gasteiger partial charge in [-0.1, -0.05) is 48.5 Å². The first kappa shape index (κ1) is 16.3. The van der Waals surface area contributed by atoms with E-state index in [0.29, 0.717) is 25.9 Å². The number of hydrogen-bond acceptors (Lipinski definition) is 2. The average molecular weight is 322 g/mol. The number of rotatable bonds is 7. The molecule has 0 fully saturated rings. The summed E-state index contributed by atoms with van der Waals surface area (Å²) in [6.45, 7) is 1.13. The highest BCUT2D eigenvalue weighted by atomic mass is 16.3. The van der Waals surface area contributed by atoms with Crippen LogP contribution in [0, 0.1) is 0 Å². The SMILES string of the molecule is O=C(CCn1ccc2ccccc21)NCCC(O)c1ccccc1. The molecule has 1 atom stereocenters. The topological polar surface area (TPSA) is 54.3 Å². The zero-order chi connectivity index (χ0) is 16.8. The van der Waals surface area contributed by atoms with Crippen molar-refractivity contribution in [3.8, 4) is 0 Å². The van der Waals surface area contributed by atoms with Crippen molar-refractivity contribution in [2.45, 2.75) is 25.5 Å². The van der Waals surface area contributed by atoms with E-state index in [1.165, 1.54) is 5.39 Å². The predicted octanol–water partition coefficient (Wildman–Crippen LogP) is 3.27. The third-order valence-electron chi connectivity index (χ3n) is 4.18. The molecule has 0 aliphatic carbocycles. The Morgan fingerprint density at radius 2 is 1.79 bits per heavy atom. The normalized spacial score (nSPS) is 12.2. The van der Waals surface area contributed by atoms with E-state index >= 15 is 0 Å². The molecule has 1 amide bonds. The Morgan fingerprint density at radius 3 is 2.62 bits per heavy atom. The highest BCUT2D eigenvalue weighted by Crippen LogP contribution is 2.16. The van der Waals surface area contributed by atoms with Crippen LogP contribution in [0.4, 0.5) is 0 Å². The van der Waals surface area contributed by atoms with Gasteiger partial charge in [0, 0.05) is 31.2 Å². The molecule has 0 spiro atoms. The number of aromatic nitrogens is 1. The molecule has 2 aromatic carbocycles. The minimum absolute atomic E-state index is 0.00745. The third-order valence-corrected chi connectivity index (χ3v) is 4.18. The molecule has 2 N–H and O–H groups in total. The molecule has 0 aliphatic rings. The van der Waals surface area contributed by atoms with Crippen LogP contribution in [0.5, 0.6) is 0 Å². The molecule has 3 rings (SSSR count). The van der Waals surface area contributed by atoms with Crippen molar-refractivity contribution in [3.63, 3.8) is 0 Å². The summed E-state index contributed by atoms with van der Waals surface area (Å²) in [5.74, 6) is 0.00745. The maximum absolute atomic E-state index is 12.0. The number of nitrogens with zero attached hydrogens (tertiary/aromatic N) is 1. The number of carbonyl (C=O) groups is 1. The van der Waals surface area contributed by atoms with E-state index in [1.54, 1.807) is 0 Å². The van der Waals surface area contributed by atoms with Crippen molar-refractivity contribution in [1.82, 2.24) is 9.88 Å². The van der Waals surface area contributed by atoms with Gasteiger partial charge in [0.05, 0.1) is 6.10 Å². The van der Waals surface area contributed by atoms with Gasteiger partial charge < -0.3 is 15.0 Å². The second-order valence-electron chi connectivity index (χ2n) is 5.88. The minimum atomic E-state index is -0.542. The second-order valence-corrected chi connectivity index (χ2v) is 5.88. The molecule has 4 nitrogen and oxygen atoms in total. The van der Waals surface area contributed by atoms with Crippen LogP contribution in [0.25, 0.3) is 10.9 Å². The largest absolute Gasteiger partial charge is 0.388 e. The van der Waals surface area contributed by atoms with E-state index in [9.17, 15) is 9.90 Å². The lowest BCUT2D eigenvalue weighted by Crippen LogP contribution is -2.26. The number of nitrogens with one attached hydrogen (secondary N) is 1. The van der Waals surface area contributed by atoms with Gasteiger partial charge in [0.2, 0.25) is 5.91 Å². The first-order chi connectivity index (χ1) is 11.7. The number of benzene rings is 2. The van der Waals surface area contributed by atoms with E-state index in [-0.39, 0.29) is 5.91 Å². The Morgan fingerprint density at radius 1 is 1.04 bits per heavy atom. The molecule has 0 aliphatic heterocycles. The van der Waals surface area contributed by atoms with Gasteiger partial charge in [0.25, 0.3) is 0 Å². The molecule has 0 saturated carbocycles. The molecular weight excluding hydrogens is 300 g/mol. The van der Waals surface area contributed by atoms with Crippen molar-refractivity contribution in [2.24, 2.45) is 0 Å². The summed E-state index contributed by atoms with van der Waals surface area (Å²) >= 11 is 0. The zero-order valence-electron chi connectivity index (χ0n) is 13.6. The lowest BCUT2D eigenvalue weighted by atomic mass is 10.1. The van der Waals surface area contributed by atoms with Crippen LogP contribution < -0.4 is 5.32 Å². The molecule has 0 radical (unpaired) electrons. The summed E-state index contributed by atoms with van der Waals surface area (Å²) in [7, 11) is 0. The van der Waals surface area contributed by atoms with Crippen molar-refractivity contribution < 1.29 is 9.90 Å². The van der Waals surface area contributed by atoms with E-state index in [4.69, 9.17) is 0 Å². The smallest absolute Gasteiger partial charge is 0.221 e. The molecule has 24 heavy (non-hydrogen) atoms. The summed E-state index contributed by atoms with van der Waals surface area (Å²) < 4.78 is 2.09. The van der Waals surface area contributed by atoms with Crippen molar-refractivity contribution in [2.75, 3.05) is 6.54 Å². The Labute approximate surface area is 141 Å². The number of carbonyl (C=O) groups excluding carboxylic acids is 1. The van der Waals surface area contributed by atoms with Gasteiger partial charge >= 0.3 is 0 Å². The number of aryl methyl sites for hydroxylation is 1. The summed E-state index contributed by atoms with van der Waals surface area (Å²) in [4.78, 5) is 12.0. The van der Waals surface area contributed by atoms with Crippen LogP contribution in [-0.4, -0.2) is 22.1 Å². The fourth-order valence-corrected chi connectivity index (χ4v) is 2.84. The molecule has 0 bridgehead atoms. The fraction of sp³-hybridized carbons (Fsp3) is 0.250. The Hall–Kier alpha value is -2.59. The van der Waals surface area contributed by atoms with Gasteiger partial charge in [-0.3, -0.25) is 4.79 Å². The van der Waals surface area contributed by atoms with Gasteiger partial charge in [-0.25, -0.2) is 0 Å². The molecule has 124 valence electrons. The Bertz CT molecular complexity index is 796. The summed E-state index contributed by atoms with van der Waals surface area (Å²) in [5, 5.41) is 14.1. The average Bonchev–Trinajstić information content (AvgIpc) is 3.04. The maximum Gasteiger partial charge on any atom is 0.221 e. The van der Waals surface area contributed by atoms with E-state index in [1.807, 2.05) is 48.7 Å². The van der Waals surface area contributed by atoms with Crippen LogP contribution in [0.3, 0.4) is 0 Å². The molecule has 4 heteroatoms. The fourth-order valence-electron chi connectivity index (χ4n) is 2.84. The number of aliphatic hydroxyl groups excluding tert-OH is 1. The Balaban J connectivity index is 1.43. The number of hydrogen-bond donors (Lipinski definition) is 2. The maximum atomic E-state index is 12.0. The summed E-state index contributed by atoms with van der Waals surface area (Å²) in [5.41, 5.74) is 2.02. The molecule has 1 aromatic heterocycles. The van der Waals surface area contributed by atoms with Crippen LogP contribution in [0.1, 0.15) is 24.5 Å². The monoisotopic (exact) mass is 322 g/mol. The lowest BCUT2D eigenvalue weighted by molar-refractivity contribution is -0.121. The van der Waals surface area contributed by atoms with Crippen LogP contribution >= 0.6 is 0 Å². The first-order valence-electron chi connectivity index (χ1n) is 8.27. The van der Waals surface area contributed by atoms with Crippen LogP contribution in [-0.2, 0) is 11.3 Å². The van der Waals surface area contributed by atoms with Gasteiger partial charge in [0.1, 0.15) is 0 Å². The van der Waals surface area contributed by atoms with Crippen molar-refractivity contribution >= 4 is 16.8 Å². The van der Waals surface area contributed by atoms with Crippen LogP contribution in [0.2, 0.25) is 0 Å². The quantitative estimate of drug-likeness (QED) is 0.701. The second kappa shape index (κ2) is 7.79. The van der Waals surface area contributed by atoms with Crippen LogP contribution in [0.15, 0.2) is 66.9 Å². The van der Waals surface area contributed by atoms with Gasteiger partial charge in [-0.2, -0.15) is 0 Å². The lowest BCUT2D eigenvalue weighted by Gasteiger charge is -2.12. The Kier molecular flexibility index (Phi) is 5.29. The summed E-state index contributed by atoms with van der Waals surface area (Å²) in [6, 6.07) is 19.7. The number of fused-ring (bicyclic) bond motifs is 1. The highest BCUT2D eigenvalue weighted by Gasteiger charge is 2.08. The molecular formula is C20H22N2O2. The van der Waals surface area contributed by atoms with Gasteiger partial charge in [-0.15, -0.1) is 0 Å². The number of aliphatic hydroxyl groups is 1. The van der Waals surface area contributed by atoms with E-state index < -0.39 is 6.10 Å². The zero-order valence-corrected chi connectivity index (χ0v) is 13.6. The standard InChI is InChI=1S/C20H22N2O2/c23-19(17-7-2-1-3-8-17)10-13-21-20(24)12-15-22-14-11-16-6-4-5-9-18(16)22/h1-9,11,14,19,23H,10,12-13,15H2,(H,21,24). The van der Waals surface area contributed by atoms with Gasteiger partial charge in [0.15, 0.2) is 0 Å². The molecule has 1 unspecified atom stereocenters. The third kappa shape index (κ3) is 4.03. The highest BCUT2D eigenvalue weighted by molar-refractivity contribution is 5.80. The van der Waals surface area contributed by atoms with Crippen molar-refractivity contribution in [1.29, 1.82) is 0 Å². The summed E-state index contributed by atoms with van der Waals surface area (Å²) in [6.07, 6.45) is 2.42. The predicted molar refractivity (Wildman–Crippen MR) is 95.6 cm³/mol. The van der Waals surface area contributed by atoms with E-state index in [0.717, 1.165) is 11.1 Å². The molecule has 0 saturated heterocycles.